The van der Waals surface area contributed by atoms with Gasteiger partial charge in [0.05, 0.1) is 51.3 Å². The molecule has 0 aliphatic carbocycles. The van der Waals surface area contributed by atoms with Crippen molar-refractivity contribution in [2.45, 2.75) is 45.8 Å². The molecule has 3 aromatic rings. The Morgan fingerprint density at radius 3 is 2.35 bits per heavy atom. The van der Waals surface area contributed by atoms with Crippen LogP contribution in [0.3, 0.4) is 0 Å². The number of benzene rings is 2. The van der Waals surface area contributed by atoms with E-state index in [1.807, 2.05) is 55.7 Å². The number of nitrogens with one attached hydrogen (secondary N) is 1. The molecule has 3 N–H and O–H groups in total. The molecule has 14 heteroatoms. The zero-order chi connectivity index (χ0) is 37.0. The van der Waals surface area contributed by atoms with E-state index in [2.05, 4.69) is 5.32 Å². The van der Waals surface area contributed by atoms with Gasteiger partial charge in [0, 0.05) is 49.6 Å². The summed E-state index contributed by atoms with van der Waals surface area (Å²) in [6, 6.07) is 11.3. The average molecular weight is 713 g/mol. The maximum Gasteiger partial charge on any atom is 0.253 e. The van der Waals surface area contributed by atoms with Crippen molar-refractivity contribution >= 4 is 17.7 Å². The van der Waals surface area contributed by atoms with Gasteiger partial charge in [-0.25, -0.2) is 18.2 Å². The van der Waals surface area contributed by atoms with E-state index in [4.69, 9.17) is 20.2 Å². The first-order valence-electron chi connectivity index (χ1n) is 17.0. The number of nitrogens with two attached hydrogens (primary N) is 1. The van der Waals surface area contributed by atoms with Crippen molar-refractivity contribution in [1.82, 2.24) is 24.7 Å². The van der Waals surface area contributed by atoms with Crippen LogP contribution < -0.4 is 11.1 Å². The van der Waals surface area contributed by atoms with E-state index in [0.29, 0.717) is 18.9 Å². The highest BCUT2D eigenvalue weighted by Crippen LogP contribution is 2.39. The molecule has 0 unspecified atom stereocenters. The average Bonchev–Trinajstić information content (AvgIpc) is 3.65. The smallest absolute Gasteiger partial charge is 0.253 e. The summed E-state index contributed by atoms with van der Waals surface area (Å²) in [4.78, 5) is 44.7. The molecule has 0 spiro atoms. The van der Waals surface area contributed by atoms with Gasteiger partial charge in [-0.2, -0.15) is 0 Å². The van der Waals surface area contributed by atoms with Crippen LogP contribution >= 0.6 is 0 Å². The number of imidazole rings is 1. The van der Waals surface area contributed by atoms with Gasteiger partial charge in [-0.05, 0) is 35.6 Å². The highest BCUT2D eigenvalue weighted by Gasteiger charge is 2.38. The number of rotatable bonds is 20. The Morgan fingerprint density at radius 1 is 1.00 bits per heavy atom. The summed E-state index contributed by atoms with van der Waals surface area (Å²) < 4.78 is 55.7. The molecular weight excluding hydrogens is 665 g/mol. The number of hydrogen-bond donors (Lipinski definition) is 2. The van der Waals surface area contributed by atoms with Gasteiger partial charge in [-0.1, -0.05) is 51.1 Å². The Hall–Kier alpha value is -4.37. The van der Waals surface area contributed by atoms with Crippen LogP contribution in [-0.4, -0.2) is 102 Å². The number of aromatic nitrogens is 2. The van der Waals surface area contributed by atoms with Crippen molar-refractivity contribution in [3.63, 3.8) is 0 Å². The summed E-state index contributed by atoms with van der Waals surface area (Å²) >= 11 is 0. The van der Waals surface area contributed by atoms with Gasteiger partial charge in [0.1, 0.15) is 24.1 Å². The molecule has 0 fully saturated rings. The number of hydrogen-bond acceptors (Lipinski definition) is 8. The third-order valence-electron chi connectivity index (χ3n) is 8.27. The summed E-state index contributed by atoms with van der Waals surface area (Å²) in [6.45, 7) is 7.04. The number of halogens is 3. The molecule has 0 saturated heterocycles. The first-order valence-corrected chi connectivity index (χ1v) is 17.0. The zero-order valence-electron chi connectivity index (χ0n) is 29.3. The van der Waals surface area contributed by atoms with Crippen LogP contribution in [0.1, 0.15) is 44.6 Å². The number of amides is 3. The van der Waals surface area contributed by atoms with E-state index >= 15 is 4.39 Å². The number of alkyl halides is 1. The van der Waals surface area contributed by atoms with Crippen molar-refractivity contribution in [3.05, 3.63) is 89.9 Å². The fourth-order valence-corrected chi connectivity index (χ4v) is 5.72. The monoisotopic (exact) mass is 712 g/mol. The molecule has 2 atom stereocenters. The summed E-state index contributed by atoms with van der Waals surface area (Å²) in [5, 5.41) is 3.10. The fourth-order valence-electron chi connectivity index (χ4n) is 5.72. The van der Waals surface area contributed by atoms with E-state index in [1.54, 1.807) is 11.1 Å². The summed E-state index contributed by atoms with van der Waals surface area (Å²) in [5.74, 6) is -1.78. The first kappa shape index (κ1) is 39.4. The van der Waals surface area contributed by atoms with E-state index in [0.717, 1.165) is 28.7 Å². The Bertz CT molecular complexity index is 1630. The second-order valence-corrected chi connectivity index (χ2v) is 13.3. The molecule has 3 amide bonds. The Labute approximate surface area is 296 Å². The lowest BCUT2D eigenvalue weighted by Gasteiger charge is -2.40. The van der Waals surface area contributed by atoms with Crippen molar-refractivity contribution in [1.29, 1.82) is 0 Å². The number of nitrogens with zero attached hydrogens (tertiary/aromatic N) is 4. The third-order valence-corrected chi connectivity index (χ3v) is 8.27. The lowest BCUT2D eigenvalue weighted by molar-refractivity contribution is -0.138. The molecule has 51 heavy (non-hydrogen) atoms. The predicted octanol–water partition coefficient (Wildman–Crippen LogP) is 4.03. The van der Waals surface area contributed by atoms with Crippen LogP contribution in [0.4, 0.5) is 13.2 Å². The zero-order valence-corrected chi connectivity index (χ0v) is 29.3. The first-order chi connectivity index (χ1) is 24.4. The number of carbonyl (C=O) groups is 3. The Morgan fingerprint density at radius 2 is 1.69 bits per heavy atom. The van der Waals surface area contributed by atoms with Crippen LogP contribution in [0.25, 0.3) is 11.3 Å². The van der Waals surface area contributed by atoms with Crippen LogP contribution in [-0.2, 0) is 30.4 Å². The lowest BCUT2D eigenvalue weighted by Crippen LogP contribution is -2.47. The molecule has 2 aromatic carbocycles. The van der Waals surface area contributed by atoms with Crippen molar-refractivity contribution in [2.24, 2.45) is 11.1 Å². The third kappa shape index (κ3) is 11.3. The quantitative estimate of drug-likeness (QED) is 0.133. The van der Waals surface area contributed by atoms with Gasteiger partial charge < -0.3 is 30.0 Å². The van der Waals surface area contributed by atoms with Crippen LogP contribution in [0.2, 0.25) is 0 Å². The van der Waals surface area contributed by atoms with Crippen LogP contribution in [0.15, 0.2) is 66.9 Å². The van der Waals surface area contributed by atoms with E-state index in [9.17, 15) is 23.2 Å². The molecule has 276 valence electrons. The predicted molar refractivity (Wildman–Crippen MR) is 186 cm³/mol. The molecule has 2 heterocycles. The molecule has 11 nitrogen and oxygen atoms in total. The topological polar surface area (TPSA) is 132 Å². The minimum Gasteiger partial charge on any atom is -0.378 e. The minimum atomic E-state index is -0.779. The normalized spacial score (nSPS) is 14.4. The van der Waals surface area contributed by atoms with Gasteiger partial charge >= 0.3 is 0 Å². The minimum absolute atomic E-state index is 0.00536. The Balaban J connectivity index is 1.46. The SMILES string of the molecule is CC(C)(C)[C@@H](c1nc(-c2cc(F)ccc2F)cn1Cc1ccccc1)N(CC[C@@H](N)CF)C(=O)CNCCOCCOCCN1C(=O)C=CC1=O. The number of imide groups is 1. The highest BCUT2D eigenvalue weighted by molar-refractivity contribution is 6.12. The molecule has 4 rings (SSSR count). The van der Waals surface area contributed by atoms with Crippen molar-refractivity contribution in [2.75, 3.05) is 59.3 Å². The van der Waals surface area contributed by atoms with Gasteiger partial charge in [-0.3, -0.25) is 19.3 Å². The van der Waals surface area contributed by atoms with Crippen LogP contribution in [0, 0.1) is 17.0 Å². The molecule has 1 aromatic heterocycles. The molecule has 1 aliphatic heterocycles. The summed E-state index contributed by atoms with van der Waals surface area (Å²) in [7, 11) is 0. The molecule has 0 saturated carbocycles. The molecular formula is C37H47F3N6O5. The van der Waals surface area contributed by atoms with Gasteiger partial charge in [0.15, 0.2) is 0 Å². The molecule has 0 bridgehead atoms. The van der Waals surface area contributed by atoms with Crippen LogP contribution in [0.5, 0.6) is 0 Å². The number of ether oxygens (including phenoxy) is 2. The molecule has 0 radical (unpaired) electrons. The summed E-state index contributed by atoms with van der Waals surface area (Å²) in [6.07, 6.45) is 4.30. The maximum absolute atomic E-state index is 15.0. The van der Waals surface area contributed by atoms with E-state index < -0.39 is 35.8 Å². The second-order valence-electron chi connectivity index (χ2n) is 13.3. The Kier molecular flexibility index (Phi) is 14.5. The lowest BCUT2D eigenvalue weighted by atomic mass is 9.84. The molecule has 1 aliphatic rings. The van der Waals surface area contributed by atoms with Crippen molar-refractivity contribution in [3.8, 4) is 11.3 Å². The van der Waals surface area contributed by atoms with Gasteiger partial charge in [0.25, 0.3) is 11.8 Å². The van der Waals surface area contributed by atoms with Gasteiger partial charge in [0.2, 0.25) is 5.91 Å². The number of carbonyl (C=O) groups excluding carboxylic acids is 3. The van der Waals surface area contributed by atoms with E-state index in [1.165, 1.54) is 12.2 Å². The largest absolute Gasteiger partial charge is 0.378 e. The summed E-state index contributed by atoms with van der Waals surface area (Å²) in [5.41, 5.74) is 6.51. The highest BCUT2D eigenvalue weighted by atomic mass is 19.1. The maximum atomic E-state index is 15.0. The second kappa shape index (κ2) is 18.7. The van der Waals surface area contributed by atoms with Crippen molar-refractivity contribution < 1.29 is 37.0 Å². The van der Waals surface area contributed by atoms with Gasteiger partial charge in [-0.15, -0.1) is 0 Å². The van der Waals surface area contributed by atoms with E-state index in [-0.39, 0.29) is 81.5 Å². The standard InChI is InChI=1S/C37H47F3N6O5/c1-37(2,3)35(36-43-31(29-21-27(39)9-10-30(29)40)25-44(36)24-26-7-5-4-6-8-26)46(15-13-28(41)22-38)34(49)23-42-14-17-50-19-20-51-18-16-45-32(47)11-12-33(45)48/h4-12,21,25,28,35,42H,13-20,22-24,41H2,1-3H3/t28-,35-/m1/s1. The fraction of sp³-hybridized carbons (Fsp3) is 0.459.